The molecule has 0 radical (unpaired) electrons. The van der Waals surface area contributed by atoms with Gasteiger partial charge in [-0.3, -0.25) is 0 Å². The molecule has 1 aliphatic heterocycles. The summed E-state index contributed by atoms with van der Waals surface area (Å²) in [7, 11) is 4.16. The molecule has 2 heteroatoms. The van der Waals surface area contributed by atoms with Crippen LogP contribution in [0.15, 0.2) is 35.9 Å². The van der Waals surface area contributed by atoms with E-state index in [2.05, 4.69) is 70.1 Å². The van der Waals surface area contributed by atoms with Gasteiger partial charge in [0.25, 0.3) is 0 Å². The highest BCUT2D eigenvalue weighted by Gasteiger charge is 2.43. The smallest absolute Gasteiger partial charge is 0.0892 e. The molecule has 2 nitrogen and oxygen atoms in total. The van der Waals surface area contributed by atoms with Crippen molar-refractivity contribution in [2.24, 2.45) is 23.7 Å². The van der Waals surface area contributed by atoms with Gasteiger partial charge in [0.05, 0.1) is 12.7 Å². The Morgan fingerprint density at radius 1 is 1.10 bits per heavy atom. The first-order chi connectivity index (χ1) is 9.99. The van der Waals surface area contributed by atoms with Crippen molar-refractivity contribution in [3.63, 3.8) is 0 Å². The first-order valence-electron chi connectivity index (χ1n) is 8.06. The van der Waals surface area contributed by atoms with Gasteiger partial charge in [-0.05, 0) is 42.4 Å². The molecular weight excluding hydrogens is 258 g/mol. The van der Waals surface area contributed by atoms with E-state index in [0.717, 1.165) is 6.61 Å². The summed E-state index contributed by atoms with van der Waals surface area (Å²) in [4.78, 5) is 2.14. The molecule has 1 aromatic rings. The van der Waals surface area contributed by atoms with E-state index < -0.39 is 0 Å². The largest absolute Gasteiger partial charge is 0.378 e. The van der Waals surface area contributed by atoms with Crippen LogP contribution >= 0.6 is 0 Å². The van der Waals surface area contributed by atoms with Gasteiger partial charge in [-0.2, -0.15) is 0 Å². The summed E-state index contributed by atoms with van der Waals surface area (Å²) in [6, 6.07) is 8.86. The SMILES string of the molecule is CC1=CC(C)[C@H]2COC(c3ccc(N(C)C)cc3)[C@@H]1C2C. The number of hydrogen-bond acceptors (Lipinski definition) is 2. The van der Waals surface area contributed by atoms with Gasteiger partial charge in [-0.25, -0.2) is 0 Å². The van der Waals surface area contributed by atoms with Gasteiger partial charge in [0.15, 0.2) is 0 Å². The average Bonchev–Trinajstić information content (AvgIpc) is 2.44. The van der Waals surface area contributed by atoms with Crippen LogP contribution in [0.25, 0.3) is 0 Å². The summed E-state index contributed by atoms with van der Waals surface area (Å²) >= 11 is 0. The maximum Gasteiger partial charge on any atom is 0.0892 e. The van der Waals surface area contributed by atoms with E-state index in [0.29, 0.717) is 23.7 Å². The van der Waals surface area contributed by atoms with Crippen LogP contribution in [0.5, 0.6) is 0 Å². The predicted octanol–water partition coefficient (Wildman–Crippen LogP) is 4.29. The summed E-state index contributed by atoms with van der Waals surface area (Å²) < 4.78 is 6.29. The Morgan fingerprint density at radius 3 is 2.38 bits per heavy atom. The van der Waals surface area contributed by atoms with E-state index in [1.165, 1.54) is 16.8 Å². The Morgan fingerprint density at radius 2 is 1.76 bits per heavy atom. The third-order valence-electron chi connectivity index (χ3n) is 5.50. The van der Waals surface area contributed by atoms with E-state index in [4.69, 9.17) is 4.74 Å². The molecule has 1 aliphatic carbocycles. The fourth-order valence-electron chi connectivity index (χ4n) is 4.21. The lowest BCUT2D eigenvalue weighted by atomic mass is 9.64. The number of nitrogens with zero attached hydrogens (tertiary/aromatic N) is 1. The minimum Gasteiger partial charge on any atom is -0.378 e. The van der Waals surface area contributed by atoms with Crippen molar-refractivity contribution in [2.45, 2.75) is 26.9 Å². The van der Waals surface area contributed by atoms with E-state index in [1.807, 2.05) is 0 Å². The molecular formula is C19H27NO. The van der Waals surface area contributed by atoms with Gasteiger partial charge >= 0.3 is 0 Å². The molecule has 2 aliphatic rings. The van der Waals surface area contributed by atoms with Crippen LogP contribution in [-0.2, 0) is 4.74 Å². The third kappa shape index (κ3) is 2.50. The second-order valence-electron chi connectivity index (χ2n) is 7.06. The summed E-state index contributed by atoms with van der Waals surface area (Å²) in [6.07, 6.45) is 2.69. The third-order valence-corrected chi connectivity index (χ3v) is 5.50. The highest BCUT2D eigenvalue weighted by Crippen LogP contribution is 2.49. The van der Waals surface area contributed by atoms with Gasteiger partial charge in [0.2, 0.25) is 0 Å². The normalized spacial score (nSPS) is 35.3. The lowest BCUT2D eigenvalue weighted by Gasteiger charge is -2.47. The average molecular weight is 285 g/mol. The molecule has 3 rings (SSSR count). The lowest BCUT2D eigenvalue weighted by molar-refractivity contribution is -0.0934. The maximum atomic E-state index is 6.29. The van der Waals surface area contributed by atoms with Crippen LogP contribution in [0, 0.1) is 23.7 Å². The van der Waals surface area contributed by atoms with Gasteiger partial charge in [-0.1, -0.05) is 37.6 Å². The topological polar surface area (TPSA) is 12.5 Å². The molecule has 1 aromatic carbocycles. The van der Waals surface area contributed by atoms with Gasteiger partial charge in [-0.15, -0.1) is 0 Å². The quantitative estimate of drug-likeness (QED) is 0.752. The number of ether oxygens (including phenoxy) is 1. The Balaban J connectivity index is 1.90. The molecule has 114 valence electrons. The molecule has 3 unspecified atom stereocenters. The summed E-state index contributed by atoms with van der Waals surface area (Å²) in [5.74, 6) is 2.56. The molecule has 1 saturated heterocycles. The number of hydrogen-bond donors (Lipinski definition) is 0. The van der Waals surface area contributed by atoms with Crippen LogP contribution in [0.2, 0.25) is 0 Å². The maximum absolute atomic E-state index is 6.29. The number of fused-ring (bicyclic) bond motifs is 2. The molecule has 0 amide bonds. The Hall–Kier alpha value is -1.28. The second kappa shape index (κ2) is 5.49. The van der Waals surface area contributed by atoms with Crippen LogP contribution in [0.4, 0.5) is 5.69 Å². The molecule has 5 atom stereocenters. The Bertz CT molecular complexity index is 531. The van der Waals surface area contributed by atoms with Gasteiger partial charge in [0.1, 0.15) is 0 Å². The molecule has 1 heterocycles. The van der Waals surface area contributed by atoms with Gasteiger partial charge in [0, 0.05) is 25.7 Å². The Kier molecular flexibility index (Phi) is 3.83. The number of anilines is 1. The standard InChI is InChI=1S/C19H27NO/c1-12-10-13(2)18-14(3)17(12)11-21-19(18)15-6-8-16(9-7-15)20(4)5/h6-10,12,14,17-19H,11H2,1-5H3/t12?,14?,17-,18+,19?/m1/s1. The van der Waals surface area contributed by atoms with Crippen molar-refractivity contribution in [1.29, 1.82) is 0 Å². The first kappa shape index (κ1) is 14.6. The fraction of sp³-hybridized carbons (Fsp3) is 0.579. The van der Waals surface area contributed by atoms with Crippen molar-refractivity contribution in [3.8, 4) is 0 Å². The molecule has 0 saturated carbocycles. The molecule has 0 N–H and O–H groups in total. The molecule has 21 heavy (non-hydrogen) atoms. The van der Waals surface area contributed by atoms with E-state index in [9.17, 15) is 0 Å². The lowest BCUT2D eigenvalue weighted by Crippen LogP contribution is -2.42. The molecule has 2 bridgehead atoms. The zero-order chi connectivity index (χ0) is 15.1. The van der Waals surface area contributed by atoms with Crippen LogP contribution < -0.4 is 4.90 Å². The van der Waals surface area contributed by atoms with Crippen molar-refractivity contribution in [1.82, 2.24) is 0 Å². The van der Waals surface area contributed by atoms with Crippen molar-refractivity contribution in [3.05, 3.63) is 41.5 Å². The summed E-state index contributed by atoms with van der Waals surface area (Å²) in [5.41, 5.74) is 4.07. The summed E-state index contributed by atoms with van der Waals surface area (Å²) in [5, 5.41) is 0. The molecule has 1 fully saturated rings. The highest BCUT2D eigenvalue weighted by molar-refractivity contribution is 5.46. The monoisotopic (exact) mass is 285 g/mol. The summed E-state index contributed by atoms with van der Waals surface area (Å²) in [6.45, 7) is 7.91. The minimum atomic E-state index is 0.219. The zero-order valence-electron chi connectivity index (χ0n) is 13.8. The minimum absolute atomic E-state index is 0.219. The van der Waals surface area contributed by atoms with E-state index >= 15 is 0 Å². The van der Waals surface area contributed by atoms with Crippen molar-refractivity contribution in [2.75, 3.05) is 25.6 Å². The van der Waals surface area contributed by atoms with Crippen LogP contribution in [0.1, 0.15) is 32.4 Å². The number of rotatable bonds is 2. The second-order valence-corrected chi connectivity index (χ2v) is 7.06. The predicted molar refractivity (Wildman–Crippen MR) is 88.5 cm³/mol. The molecule has 0 aromatic heterocycles. The fourth-order valence-corrected chi connectivity index (χ4v) is 4.21. The zero-order valence-corrected chi connectivity index (χ0v) is 13.8. The van der Waals surface area contributed by atoms with Crippen LogP contribution in [-0.4, -0.2) is 20.7 Å². The van der Waals surface area contributed by atoms with Crippen molar-refractivity contribution < 1.29 is 4.74 Å². The molecule has 0 spiro atoms. The highest BCUT2D eigenvalue weighted by atomic mass is 16.5. The van der Waals surface area contributed by atoms with Crippen molar-refractivity contribution >= 4 is 5.69 Å². The number of benzene rings is 1. The first-order valence-corrected chi connectivity index (χ1v) is 8.06. The Labute approximate surface area is 128 Å². The van der Waals surface area contributed by atoms with Crippen LogP contribution in [0.3, 0.4) is 0 Å². The van der Waals surface area contributed by atoms with E-state index in [-0.39, 0.29) is 6.10 Å². The van der Waals surface area contributed by atoms with Gasteiger partial charge < -0.3 is 9.64 Å². The number of allylic oxidation sites excluding steroid dienone is 1. The van der Waals surface area contributed by atoms with E-state index in [1.54, 1.807) is 0 Å².